The molecule has 0 aromatic heterocycles. The molecular formula is C16H21N3O. The Morgan fingerprint density at radius 1 is 1.35 bits per heavy atom. The first kappa shape index (κ1) is 14.4. The first-order valence-electron chi connectivity index (χ1n) is 7.05. The molecule has 1 heterocycles. The third-order valence-corrected chi connectivity index (χ3v) is 3.48. The zero-order valence-corrected chi connectivity index (χ0v) is 11.9. The number of hydrogen-bond acceptors (Lipinski definition) is 2. The van der Waals surface area contributed by atoms with Crippen molar-refractivity contribution in [1.82, 2.24) is 10.2 Å². The van der Waals surface area contributed by atoms with Gasteiger partial charge in [0.1, 0.15) is 0 Å². The molecule has 1 aromatic rings. The maximum Gasteiger partial charge on any atom is 0.317 e. The Balaban J connectivity index is 1.94. The van der Waals surface area contributed by atoms with Crippen LogP contribution in [0.1, 0.15) is 36.9 Å². The zero-order chi connectivity index (χ0) is 14.4. The van der Waals surface area contributed by atoms with Crippen LogP contribution in [0.15, 0.2) is 24.3 Å². The molecule has 1 aromatic carbocycles. The zero-order valence-electron chi connectivity index (χ0n) is 11.9. The fourth-order valence-electron chi connectivity index (χ4n) is 2.29. The highest BCUT2D eigenvalue weighted by Crippen LogP contribution is 2.15. The van der Waals surface area contributed by atoms with Gasteiger partial charge in [0, 0.05) is 18.7 Å². The molecule has 0 bridgehead atoms. The molecule has 3 N–H and O–H groups in total. The summed E-state index contributed by atoms with van der Waals surface area (Å²) < 4.78 is 0. The molecule has 106 valence electrons. The summed E-state index contributed by atoms with van der Waals surface area (Å²) in [5.41, 5.74) is 7.36. The Morgan fingerprint density at radius 2 is 2.00 bits per heavy atom. The second-order valence-electron chi connectivity index (χ2n) is 4.99. The van der Waals surface area contributed by atoms with E-state index < -0.39 is 0 Å². The highest BCUT2D eigenvalue weighted by Gasteiger charge is 2.19. The fraction of sp³-hybridized carbons (Fsp3) is 0.438. The van der Waals surface area contributed by atoms with Gasteiger partial charge in [0.15, 0.2) is 0 Å². The lowest BCUT2D eigenvalue weighted by molar-refractivity contribution is 0.205. The van der Waals surface area contributed by atoms with E-state index in [-0.39, 0.29) is 12.1 Å². The summed E-state index contributed by atoms with van der Waals surface area (Å²) in [6.45, 7) is 4.09. The van der Waals surface area contributed by atoms with Gasteiger partial charge < -0.3 is 16.0 Å². The van der Waals surface area contributed by atoms with Crippen molar-refractivity contribution in [3.05, 3.63) is 35.4 Å². The van der Waals surface area contributed by atoms with E-state index in [1.165, 1.54) is 0 Å². The molecule has 0 aliphatic carbocycles. The van der Waals surface area contributed by atoms with Crippen LogP contribution in [0.25, 0.3) is 0 Å². The van der Waals surface area contributed by atoms with E-state index in [1.54, 1.807) is 0 Å². The predicted octanol–water partition coefficient (Wildman–Crippen LogP) is 1.86. The number of nitrogens with two attached hydrogens (primary N) is 1. The molecule has 1 saturated heterocycles. The van der Waals surface area contributed by atoms with E-state index in [0.717, 1.165) is 37.1 Å². The van der Waals surface area contributed by atoms with E-state index in [9.17, 15) is 4.79 Å². The summed E-state index contributed by atoms with van der Waals surface area (Å²) in [4.78, 5) is 13.9. The van der Waals surface area contributed by atoms with Crippen LogP contribution in [0.2, 0.25) is 0 Å². The Labute approximate surface area is 120 Å². The molecule has 0 spiro atoms. The lowest BCUT2D eigenvalue weighted by Crippen LogP contribution is -2.39. The van der Waals surface area contributed by atoms with E-state index in [2.05, 4.69) is 17.2 Å². The summed E-state index contributed by atoms with van der Waals surface area (Å²) in [6.07, 6.45) is 2.21. The van der Waals surface area contributed by atoms with E-state index in [4.69, 9.17) is 5.73 Å². The predicted molar refractivity (Wildman–Crippen MR) is 80.1 cm³/mol. The van der Waals surface area contributed by atoms with Gasteiger partial charge in [-0.25, -0.2) is 4.79 Å². The van der Waals surface area contributed by atoms with Crippen LogP contribution in [0, 0.1) is 11.8 Å². The Bertz CT molecular complexity index is 507. The molecule has 4 nitrogen and oxygen atoms in total. The SMILES string of the molecule is CC(NC(=O)N1CCCC1)c1ccc(C#CCN)cc1. The van der Waals surface area contributed by atoms with Gasteiger partial charge >= 0.3 is 6.03 Å². The number of carbonyl (C=O) groups excluding carboxylic acids is 1. The molecule has 0 radical (unpaired) electrons. The van der Waals surface area contributed by atoms with Crippen molar-refractivity contribution < 1.29 is 4.79 Å². The van der Waals surface area contributed by atoms with Crippen molar-refractivity contribution in [1.29, 1.82) is 0 Å². The van der Waals surface area contributed by atoms with Gasteiger partial charge in [-0.05, 0) is 37.5 Å². The van der Waals surface area contributed by atoms with Crippen LogP contribution < -0.4 is 11.1 Å². The largest absolute Gasteiger partial charge is 0.331 e. The summed E-state index contributed by atoms with van der Waals surface area (Å²) in [5, 5.41) is 3.03. The minimum atomic E-state index is -0.000354. The van der Waals surface area contributed by atoms with Crippen LogP contribution in [-0.2, 0) is 0 Å². The maximum absolute atomic E-state index is 12.0. The van der Waals surface area contributed by atoms with Crippen molar-refractivity contribution in [3.8, 4) is 11.8 Å². The van der Waals surface area contributed by atoms with Crippen molar-refractivity contribution >= 4 is 6.03 Å². The number of hydrogen-bond donors (Lipinski definition) is 2. The summed E-state index contributed by atoms with van der Waals surface area (Å²) in [7, 11) is 0. The van der Waals surface area contributed by atoms with Crippen LogP contribution in [0.4, 0.5) is 4.79 Å². The molecule has 20 heavy (non-hydrogen) atoms. The lowest BCUT2D eigenvalue weighted by atomic mass is 10.1. The van der Waals surface area contributed by atoms with Gasteiger partial charge in [0.2, 0.25) is 0 Å². The number of amides is 2. The standard InChI is InChI=1S/C16H21N3O/c1-13(18-16(20)19-11-2-3-12-19)15-8-6-14(7-9-15)5-4-10-17/h6-9,13H,2-3,10-12,17H2,1H3,(H,18,20). The van der Waals surface area contributed by atoms with E-state index >= 15 is 0 Å². The number of urea groups is 1. The number of likely N-dealkylation sites (tertiary alicyclic amines) is 1. The number of nitrogens with zero attached hydrogens (tertiary/aromatic N) is 1. The average molecular weight is 271 g/mol. The summed E-state index contributed by atoms with van der Waals surface area (Å²) >= 11 is 0. The molecule has 4 heteroatoms. The third kappa shape index (κ3) is 3.75. The number of nitrogens with one attached hydrogen (secondary N) is 1. The van der Waals surface area contributed by atoms with Crippen LogP contribution in [0.5, 0.6) is 0 Å². The van der Waals surface area contributed by atoms with Gasteiger partial charge in [0.25, 0.3) is 0 Å². The second kappa shape index (κ2) is 6.97. The van der Waals surface area contributed by atoms with Gasteiger partial charge in [-0.15, -0.1) is 0 Å². The van der Waals surface area contributed by atoms with E-state index in [1.807, 2.05) is 36.1 Å². The maximum atomic E-state index is 12.0. The Hall–Kier alpha value is -1.99. The minimum absolute atomic E-state index is 0.000354. The molecule has 1 aliphatic rings. The van der Waals surface area contributed by atoms with Crippen molar-refractivity contribution in [2.24, 2.45) is 5.73 Å². The molecule has 2 amide bonds. The highest BCUT2D eigenvalue weighted by atomic mass is 16.2. The van der Waals surface area contributed by atoms with Gasteiger partial charge in [-0.3, -0.25) is 0 Å². The van der Waals surface area contributed by atoms with Gasteiger partial charge in [0.05, 0.1) is 12.6 Å². The molecule has 1 aliphatic heterocycles. The molecule has 1 fully saturated rings. The Kier molecular flexibility index (Phi) is 5.03. The molecular weight excluding hydrogens is 250 g/mol. The fourth-order valence-corrected chi connectivity index (χ4v) is 2.29. The van der Waals surface area contributed by atoms with Crippen molar-refractivity contribution in [2.45, 2.75) is 25.8 Å². The van der Waals surface area contributed by atoms with E-state index in [0.29, 0.717) is 6.54 Å². The lowest BCUT2D eigenvalue weighted by Gasteiger charge is -2.20. The molecule has 1 atom stereocenters. The minimum Gasteiger partial charge on any atom is -0.331 e. The number of benzene rings is 1. The Morgan fingerprint density at radius 3 is 2.60 bits per heavy atom. The second-order valence-corrected chi connectivity index (χ2v) is 4.99. The smallest absolute Gasteiger partial charge is 0.317 e. The average Bonchev–Trinajstić information content (AvgIpc) is 3.00. The summed E-state index contributed by atoms with van der Waals surface area (Å²) in [6, 6.07) is 7.93. The highest BCUT2D eigenvalue weighted by molar-refractivity contribution is 5.74. The normalized spacial score (nSPS) is 15.4. The first-order chi connectivity index (χ1) is 9.70. The van der Waals surface area contributed by atoms with Crippen LogP contribution in [-0.4, -0.2) is 30.6 Å². The van der Waals surface area contributed by atoms with Crippen molar-refractivity contribution in [2.75, 3.05) is 19.6 Å². The monoisotopic (exact) mass is 271 g/mol. The molecule has 0 saturated carbocycles. The molecule has 1 unspecified atom stereocenters. The quantitative estimate of drug-likeness (QED) is 0.807. The van der Waals surface area contributed by atoms with Crippen LogP contribution >= 0.6 is 0 Å². The topological polar surface area (TPSA) is 58.4 Å². The first-order valence-corrected chi connectivity index (χ1v) is 7.05. The number of rotatable bonds is 2. The van der Waals surface area contributed by atoms with Crippen LogP contribution in [0.3, 0.4) is 0 Å². The molecule has 2 rings (SSSR count). The van der Waals surface area contributed by atoms with Crippen molar-refractivity contribution in [3.63, 3.8) is 0 Å². The summed E-state index contributed by atoms with van der Waals surface area (Å²) in [5.74, 6) is 5.81. The van der Waals surface area contributed by atoms with Gasteiger partial charge in [-0.1, -0.05) is 24.0 Å². The van der Waals surface area contributed by atoms with Gasteiger partial charge in [-0.2, -0.15) is 0 Å². The number of carbonyl (C=O) groups is 1. The third-order valence-electron chi connectivity index (χ3n) is 3.48.